The largest absolute Gasteiger partial charge is 0.0616 e. The van der Waals surface area contributed by atoms with Crippen molar-refractivity contribution >= 4 is 21.5 Å². The summed E-state index contributed by atoms with van der Waals surface area (Å²) in [5, 5.41) is 5.42. The molecule has 0 N–H and O–H groups in total. The molecule has 0 aromatic heterocycles. The number of hydrogen-bond donors (Lipinski definition) is 0. The molecule has 0 radical (unpaired) electrons. The second-order valence-corrected chi connectivity index (χ2v) is 7.42. The zero-order chi connectivity index (χ0) is 16.6. The van der Waals surface area contributed by atoms with Crippen LogP contribution in [-0.4, -0.2) is 0 Å². The van der Waals surface area contributed by atoms with Crippen LogP contribution in [0.1, 0.15) is 42.2 Å². The van der Waals surface area contributed by atoms with Crippen molar-refractivity contribution in [1.82, 2.24) is 0 Å². The van der Waals surface area contributed by atoms with E-state index in [2.05, 4.69) is 84.9 Å². The molecule has 1 aliphatic rings. The molecule has 0 aliphatic heterocycles. The summed E-state index contributed by atoms with van der Waals surface area (Å²) in [5.74, 6) is 1.39. The minimum Gasteiger partial charge on any atom is -0.0616 e. The van der Waals surface area contributed by atoms with Gasteiger partial charge in [0.05, 0.1) is 0 Å². The summed E-state index contributed by atoms with van der Waals surface area (Å²) in [6.07, 6.45) is 3.88. The minimum atomic E-state index is 0.695. The van der Waals surface area contributed by atoms with Gasteiger partial charge in [0.15, 0.2) is 0 Å². The molecule has 0 saturated heterocycles. The number of fused-ring (bicyclic) bond motifs is 2. The summed E-state index contributed by atoms with van der Waals surface area (Å²) in [6, 6.07) is 31.4. The van der Waals surface area contributed by atoms with Gasteiger partial charge in [0.2, 0.25) is 0 Å². The van der Waals surface area contributed by atoms with Crippen molar-refractivity contribution in [3.63, 3.8) is 0 Å². The van der Waals surface area contributed by atoms with Crippen LogP contribution in [0.3, 0.4) is 0 Å². The van der Waals surface area contributed by atoms with Gasteiger partial charge in [0.1, 0.15) is 0 Å². The highest BCUT2D eigenvalue weighted by molar-refractivity contribution is 5.84. The first-order chi connectivity index (χ1) is 12.4. The quantitative estimate of drug-likeness (QED) is 0.371. The lowest BCUT2D eigenvalue weighted by Crippen LogP contribution is -1.96. The molecular weight excluding hydrogens is 300 g/mol. The Morgan fingerprint density at radius 1 is 0.480 bits per heavy atom. The first kappa shape index (κ1) is 14.7. The van der Waals surface area contributed by atoms with Crippen LogP contribution in [-0.2, 0) is 0 Å². The van der Waals surface area contributed by atoms with Crippen LogP contribution < -0.4 is 0 Å². The molecule has 25 heavy (non-hydrogen) atoms. The van der Waals surface area contributed by atoms with Gasteiger partial charge in [-0.2, -0.15) is 0 Å². The lowest BCUT2D eigenvalue weighted by molar-refractivity contribution is 0.687. The van der Waals surface area contributed by atoms with E-state index in [0.29, 0.717) is 11.8 Å². The normalized spacial score (nSPS) is 20.3. The summed E-state index contributed by atoms with van der Waals surface area (Å²) >= 11 is 0. The van der Waals surface area contributed by atoms with Gasteiger partial charge in [0, 0.05) is 0 Å². The van der Waals surface area contributed by atoms with E-state index in [1.54, 1.807) is 0 Å². The molecular formula is C25H22. The number of rotatable bonds is 2. The first-order valence-corrected chi connectivity index (χ1v) is 9.34. The van der Waals surface area contributed by atoms with E-state index >= 15 is 0 Å². The van der Waals surface area contributed by atoms with E-state index < -0.39 is 0 Å². The summed E-state index contributed by atoms with van der Waals surface area (Å²) in [7, 11) is 0. The van der Waals surface area contributed by atoms with Gasteiger partial charge in [-0.1, -0.05) is 84.9 Å². The van der Waals surface area contributed by atoms with E-state index in [0.717, 1.165) is 0 Å². The van der Waals surface area contributed by atoms with Crippen LogP contribution >= 0.6 is 0 Å². The third-order valence-electron chi connectivity index (χ3n) is 5.92. The molecule has 4 aromatic rings. The molecule has 4 aromatic carbocycles. The topological polar surface area (TPSA) is 0 Å². The number of benzene rings is 4. The zero-order valence-corrected chi connectivity index (χ0v) is 14.4. The molecule has 0 nitrogen and oxygen atoms in total. The van der Waals surface area contributed by atoms with Crippen molar-refractivity contribution in [2.24, 2.45) is 0 Å². The first-order valence-electron chi connectivity index (χ1n) is 9.34. The SMILES string of the molecule is c1ccc2cc(C3CCC(c4ccc5ccccc5c4)C3)ccc2c1. The summed E-state index contributed by atoms with van der Waals surface area (Å²) < 4.78 is 0. The molecule has 0 bridgehead atoms. The van der Waals surface area contributed by atoms with Crippen LogP contribution in [0.2, 0.25) is 0 Å². The Hall–Kier alpha value is -2.60. The molecule has 1 aliphatic carbocycles. The maximum Gasteiger partial charge on any atom is -0.0156 e. The number of hydrogen-bond acceptors (Lipinski definition) is 0. The molecule has 0 heterocycles. The van der Waals surface area contributed by atoms with Gasteiger partial charge in [-0.15, -0.1) is 0 Å². The maximum atomic E-state index is 2.41. The van der Waals surface area contributed by atoms with E-state index in [-0.39, 0.29) is 0 Å². The highest BCUT2D eigenvalue weighted by atomic mass is 14.3. The highest BCUT2D eigenvalue weighted by Gasteiger charge is 2.27. The Kier molecular flexibility index (Phi) is 3.56. The van der Waals surface area contributed by atoms with Crippen LogP contribution in [0.25, 0.3) is 21.5 Å². The van der Waals surface area contributed by atoms with Crippen molar-refractivity contribution in [2.75, 3.05) is 0 Å². The average molecular weight is 322 g/mol. The summed E-state index contributed by atoms with van der Waals surface area (Å²) in [6.45, 7) is 0. The van der Waals surface area contributed by atoms with Crippen LogP contribution in [0.5, 0.6) is 0 Å². The Bertz CT molecular complexity index is 958. The van der Waals surface area contributed by atoms with Crippen LogP contribution in [0.4, 0.5) is 0 Å². The minimum absolute atomic E-state index is 0.695. The van der Waals surface area contributed by atoms with Crippen LogP contribution in [0.15, 0.2) is 84.9 Å². The fourth-order valence-corrected chi connectivity index (χ4v) is 4.51. The fourth-order valence-electron chi connectivity index (χ4n) is 4.51. The molecule has 1 fully saturated rings. The Labute approximate surface area is 149 Å². The molecule has 0 amide bonds. The van der Waals surface area contributed by atoms with E-state index in [4.69, 9.17) is 0 Å². The third-order valence-corrected chi connectivity index (χ3v) is 5.92. The molecule has 122 valence electrons. The second kappa shape index (κ2) is 6.04. The van der Waals surface area contributed by atoms with E-state index in [1.165, 1.54) is 51.9 Å². The maximum absolute atomic E-state index is 2.41. The summed E-state index contributed by atoms with van der Waals surface area (Å²) in [5.41, 5.74) is 3.03. The van der Waals surface area contributed by atoms with Gasteiger partial charge >= 0.3 is 0 Å². The van der Waals surface area contributed by atoms with Crippen molar-refractivity contribution in [1.29, 1.82) is 0 Å². The molecule has 0 heteroatoms. The second-order valence-electron chi connectivity index (χ2n) is 7.42. The molecule has 2 unspecified atom stereocenters. The standard InChI is InChI=1S/C25H22/c1-3-7-20-15-22(11-9-18(20)5-1)24-13-14-25(17-24)23-12-10-19-6-2-4-8-21(19)16-23/h1-12,15-16,24-25H,13-14,17H2. The molecule has 1 saturated carbocycles. The predicted molar refractivity (Wildman–Crippen MR) is 107 cm³/mol. The van der Waals surface area contributed by atoms with Gasteiger partial charge in [-0.3, -0.25) is 0 Å². The van der Waals surface area contributed by atoms with E-state index in [1.807, 2.05) is 0 Å². The van der Waals surface area contributed by atoms with Crippen molar-refractivity contribution in [2.45, 2.75) is 31.1 Å². The van der Waals surface area contributed by atoms with Crippen molar-refractivity contribution in [3.8, 4) is 0 Å². The van der Waals surface area contributed by atoms with E-state index in [9.17, 15) is 0 Å². The zero-order valence-electron chi connectivity index (χ0n) is 14.4. The molecule has 2 atom stereocenters. The monoisotopic (exact) mass is 322 g/mol. The van der Waals surface area contributed by atoms with Crippen molar-refractivity contribution < 1.29 is 0 Å². The van der Waals surface area contributed by atoms with Gasteiger partial charge < -0.3 is 0 Å². The summed E-state index contributed by atoms with van der Waals surface area (Å²) in [4.78, 5) is 0. The molecule has 0 spiro atoms. The average Bonchev–Trinajstić information content (AvgIpc) is 3.17. The Balaban J connectivity index is 1.42. The Morgan fingerprint density at radius 3 is 1.40 bits per heavy atom. The van der Waals surface area contributed by atoms with Gasteiger partial charge in [-0.25, -0.2) is 0 Å². The smallest absolute Gasteiger partial charge is 0.0156 e. The lowest BCUT2D eigenvalue weighted by Gasteiger charge is -2.14. The van der Waals surface area contributed by atoms with Gasteiger partial charge in [-0.05, 0) is 63.8 Å². The van der Waals surface area contributed by atoms with Crippen molar-refractivity contribution in [3.05, 3.63) is 96.1 Å². The predicted octanol–water partition coefficient (Wildman–Crippen LogP) is 7.04. The van der Waals surface area contributed by atoms with Gasteiger partial charge in [0.25, 0.3) is 0 Å². The Morgan fingerprint density at radius 2 is 0.920 bits per heavy atom. The fraction of sp³-hybridized carbons (Fsp3) is 0.200. The lowest BCUT2D eigenvalue weighted by atomic mass is 9.91. The highest BCUT2D eigenvalue weighted by Crippen LogP contribution is 2.44. The molecule has 5 rings (SSSR count). The third kappa shape index (κ3) is 2.72. The van der Waals surface area contributed by atoms with Crippen LogP contribution in [0, 0.1) is 0 Å².